The fraction of sp³-hybridized carbons (Fsp3) is 0.368. The highest BCUT2D eigenvalue weighted by atomic mass is 16.5. The molecule has 2 aromatic heterocycles. The summed E-state index contributed by atoms with van der Waals surface area (Å²) in [6, 6.07) is 9.85. The third-order valence-electron chi connectivity index (χ3n) is 4.57. The van der Waals surface area contributed by atoms with Gasteiger partial charge in [0.05, 0.1) is 18.1 Å². The number of benzene rings is 1. The molecule has 4 rings (SSSR count). The quantitative estimate of drug-likeness (QED) is 0.755. The van der Waals surface area contributed by atoms with E-state index in [1.165, 1.54) is 0 Å². The van der Waals surface area contributed by atoms with Crippen molar-refractivity contribution < 1.29 is 14.3 Å². The summed E-state index contributed by atoms with van der Waals surface area (Å²) in [5.74, 6) is 2.10. The fourth-order valence-electron chi connectivity index (χ4n) is 3.20. The first-order chi connectivity index (χ1) is 12.6. The van der Waals surface area contributed by atoms with Gasteiger partial charge in [0, 0.05) is 32.2 Å². The Morgan fingerprint density at radius 2 is 2.08 bits per heavy atom. The normalized spacial score (nSPS) is 20.6. The van der Waals surface area contributed by atoms with Crippen molar-refractivity contribution >= 4 is 0 Å². The summed E-state index contributed by atoms with van der Waals surface area (Å²) in [4.78, 5) is 6.77. The largest absolute Gasteiger partial charge is 0.483 e. The highest BCUT2D eigenvalue weighted by Crippen LogP contribution is 2.24. The van der Waals surface area contributed by atoms with Crippen molar-refractivity contribution in [1.29, 1.82) is 0 Å². The highest BCUT2D eigenvalue weighted by Gasteiger charge is 2.34. The molecule has 3 heterocycles. The smallest absolute Gasteiger partial charge is 0.226 e. The highest BCUT2D eigenvalue weighted by molar-refractivity contribution is 5.53. The molecule has 0 saturated carbocycles. The number of hydrogen-bond donors (Lipinski definition) is 1. The maximum Gasteiger partial charge on any atom is 0.226 e. The third kappa shape index (κ3) is 3.49. The summed E-state index contributed by atoms with van der Waals surface area (Å²) in [6.45, 7) is 3.71. The van der Waals surface area contributed by atoms with Crippen LogP contribution in [0.2, 0.25) is 0 Å². The lowest BCUT2D eigenvalue weighted by molar-refractivity contribution is 0.0736. The summed E-state index contributed by atoms with van der Waals surface area (Å²) in [6.07, 6.45) is 2.63. The van der Waals surface area contributed by atoms with Gasteiger partial charge in [-0.3, -0.25) is 9.58 Å². The lowest BCUT2D eigenvalue weighted by Crippen LogP contribution is -2.29. The van der Waals surface area contributed by atoms with E-state index in [1.807, 2.05) is 44.3 Å². The Hall–Kier alpha value is -2.64. The molecule has 1 aliphatic heterocycles. The van der Waals surface area contributed by atoms with E-state index in [-0.39, 0.29) is 6.10 Å². The van der Waals surface area contributed by atoms with Crippen molar-refractivity contribution in [3.8, 4) is 17.2 Å². The molecule has 1 aliphatic rings. The second-order valence-corrected chi connectivity index (χ2v) is 6.66. The Morgan fingerprint density at radius 3 is 2.81 bits per heavy atom. The molecule has 2 atom stereocenters. The Balaban J connectivity index is 1.42. The molecule has 3 aromatic rings. The standard InChI is InChI=1S/C19H22N4O3/c1-13-16(21-19(25-13)14-6-4-3-5-7-14)10-23-11-17(24)18(12-23)26-15-8-20-22(2)9-15/h3-9,17-18,24H,10-12H2,1-2H3/t17-,18-/m1/s1. The lowest BCUT2D eigenvalue weighted by Gasteiger charge is -2.15. The molecule has 1 fully saturated rings. The number of aliphatic hydroxyl groups is 1. The van der Waals surface area contributed by atoms with Gasteiger partial charge in [-0.15, -0.1) is 0 Å². The fourth-order valence-corrected chi connectivity index (χ4v) is 3.20. The number of hydrogen-bond acceptors (Lipinski definition) is 6. The number of rotatable bonds is 5. The Kier molecular flexibility index (Phi) is 4.48. The van der Waals surface area contributed by atoms with Crippen LogP contribution in [-0.2, 0) is 13.6 Å². The van der Waals surface area contributed by atoms with Crippen LogP contribution in [-0.4, -0.2) is 50.1 Å². The van der Waals surface area contributed by atoms with Crippen LogP contribution in [0.25, 0.3) is 11.5 Å². The van der Waals surface area contributed by atoms with Crippen LogP contribution in [0, 0.1) is 6.92 Å². The van der Waals surface area contributed by atoms with Crippen LogP contribution in [0.3, 0.4) is 0 Å². The van der Waals surface area contributed by atoms with Crippen LogP contribution in [0.4, 0.5) is 0 Å². The number of aryl methyl sites for hydroxylation is 2. The zero-order valence-electron chi connectivity index (χ0n) is 14.9. The van der Waals surface area contributed by atoms with Crippen molar-refractivity contribution in [2.45, 2.75) is 25.7 Å². The molecule has 0 bridgehead atoms. The predicted molar refractivity (Wildman–Crippen MR) is 95.6 cm³/mol. The molecule has 26 heavy (non-hydrogen) atoms. The van der Waals surface area contributed by atoms with Crippen molar-refractivity contribution in [1.82, 2.24) is 19.7 Å². The molecule has 0 amide bonds. The minimum Gasteiger partial charge on any atom is -0.483 e. The third-order valence-corrected chi connectivity index (χ3v) is 4.57. The number of nitrogens with zero attached hydrogens (tertiary/aromatic N) is 4. The number of β-amino-alcohol motifs (C(OH)–C–C–N with tert-alkyl or cyclic N) is 1. The molecule has 136 valence electrons. The minimum absolute atomic E-state index is 0.278. The van der Waals surface area contributed by atoms with Gasteiger partial charge in [-0.2, -0.15) is 5.10 Å². The van der Waals surface area contributed by atoms with Crippen LogP contribution < -0.4 is 4.74 Å². The zero-order valence-corrected chi connectivity index (χ0v) is 14.9. The lowest BCUT2D eigenvalue weighted by atomic mass is 10.2. The maximum atomic E-state index is 10.3. The van der Waals surface area contributed by atoms with Gasteiger partial charge in [0.2, 0.25) is 5.89 Å². The topological polar surface area (TPSA) is 76.6 Å². The average molecular weight is 354 g/mol. The van der Waals surface area contributed by atoms with E-state index in [0.717, 1.165) is 17.0 Å². The first kappa shape index (κ1) is 16.8. The number of likely N-dealkylation sites (tertiary alicyclic amines) is 1. The second-order valence-electron chi connectivity index (χ2n) is 6.66. The van der Waals surface area contributed by atoms with Gasteiger partial charge in [0.1, 0.15) is 18.0 Å². The van der Waals surface area contributed by atoms with E-state index in [1.54, 1.807) is 17.1 Å². The molecule has 7 heteroatoms. The maximum absolute atomic E-state index is 10.3. The van der Waals surface area contributed by atoms with Gasteiger partial charge in [0.25, 0.3) is 0 Å². The first-order valence-corrected chi connectivity index (χ1v) is 8.66. The second kappa shape index (κ2) is 6.93. The number of aromatic nitrogens is 3. The summed E-state index contributed by atoms with van der Waals surface area (Å²) >= 11 is 0. The molecule has 1 saturated heterocycles. The predicted octanol–water partition coefficient (Wildman–Crippen LogP) is 2.01. The SMILES string of the molecule is Cc1oc(-c2ccccc2)nc1CN1C[C@@H](O)[C@H](Oc2cnn(C)c2)C1. The molecule has 1 aromatic carbocycles. The molecule has 0 unspecified atom stereocenters. The molecule has 1 N–H and O–H groups in total. The van der Waals surface area contributed by atoms with E-state index >= 15 is 0 Å². The van der Waals surface area contributed by atoms with E-state index in [2.05, 4.69) is 15.0 Å². The van der Waals surface area contributed by atoms with Gasteiger partial charge in [-0.25, -0.2) is 4.98 Å². The zero-order chi connectivity index (χ0) is 18.1. The molecule has 0 aliphatic carbocycles. The van der Waals surface area contributed by atoms with E-state index in [0.29, 0.717) is 31.3 Å². The van der Waals surface area contributed by atoms with E-state index in [4.69, 9.17) is 9.15 Å². The number of ether oxygens (including phenoxy) is 1. The Morgan fingerprint density at radius 1 is 1.27 bits per heavy atom. The van der Waals surface area contributed by atoms with Gasteiger partial charge in [-0.05, 0) is 19.1 Å². The van der Waals surface area contributed by atoms with Crippen molar-refractivity contribution in [2.75, 3.05) is 13.1 Å². The van der Waals surface area contributed by atoms with Gasteiger partial charge >= 0.3 is 0 Å². The molecule has 7 nitrogen and oxygen atoms in total. The van der Waals surface area contributed by atoms with Crippen LogP contribution >= 0.6 is 0 Å². The van der Waals surface area contributed by atoms with Gasteiger partial charge in [-0.1, -0.05) is 18.2 Å². The van der Waals surface area contributed by atoms with E-state index in [9.17, 15) is 5.11 Å². The summed E-state index contributed by atoms with van der Waals surface area (Å²) in [5.41, 5.74) is 1.85. The molecular formula is C19H22N4O3. The van der Waals surface area contributed by atoms with Gasteiger partial charge < -0.3 is 14.3 Å². The molecule has 0 spiro atoms. The Bertz CT molecular complexity index is 874. The molecular weight excluding hydrogens is 332 g/mol. The van der Waals surface area contributed by atoms with Crippen molar-refractivity contribution in [3.63, 3.8) is 0 Å². The summed E-state index contributed by atoms with van der Waals surface area (Å²) < 4.78 is 13.4. The van der Waals surface area contributed by atoms with Crippen LogP contribution in [0.1, 0.15) is 11.5 Å². The molecule has 0 radical (unpaired) electrons. The number of aliphatic hydroxyl groups excluding tert-OH is 1. The Labute approximate surface area is 151 Å². The van der Waals surface area contributed by atoms with Crippen molar-refractivity contribution in [3.05, 3.63) is 54.2 Å². The van der Waals surface area contributed by atoms with E-state index < -0.39 is 6.10 Å². The first-order valence-electron chi connectivity index (χ1n) is 8.66. The van der Waals surface area contributed by atoms with Crippen LogP contribution in [0.5, 0.6) is 5.75 Å². The minimum atomic E-state index is -0.545. The summed E-state index contributed by atoms with van der Waals surface area (Å²) in [5, 5.41) is 14.4. The monoisotopic (exact) mass is 354 g/mol. The van der Waals surface area contributed by atoms with Crippen LogP contribution in [0.15, 0.2) is 47.1 Å². The average Bonchev–Trinajstić information content (AvgIpc) is 3.30. The van der Waals surface area contributed by atoms with Gasteiger partial charge in [0.15, 0.2) is 5.75 Å². The number of oxazole rings is 1. The van der Waals surface area contributed by atoms with Crippen molar-refractivity contribution in [2.24, 2.45) is 7.05 Å². The summed E-state index contributed by atoms with van der Waals surface area (Å²) in [7, 11) is 1.84.